The molecule has 0 amide bonds. The largest absolute Gasteiger partial charge is 0.316 e. The molecule has 0 unspecified atom stereocenters. The van der Waals surface area contributed by atoms with Crippen molar-refractivity contribution in [2.75, 3.05) is 7.05 Å². The van der Waals surface area contributed by atoms with Crippen LogP contribution in [0.25, 0.3) is 0 Å². The Morgan fingerprint density at radius 1 is 1.47 bits per heavy atom. The van der Waals surface area contributed by atoms with Gasteiger partial charge in [0.15, 0.2) is 0 Å². The van der Waals surface area contributed by atoms with Crippen LogP contribution in [0.15, 0.2) is 0 Å². The lowest BCUT2D eigenvalue weighted by molar-refractivity contribution is 0.626. The van der Waals surface area contributed by atoms with Crippen molar-refractivity contribution in [3.8, 4) is 0 Å². The number of hydrogen-bond donors (Lipinski definition) is 2. The summed E-state index contributed by atoms with van der Waals surface area (Å²) in [7, 11) is 2.00. The molecule has 1 fully saturated rings. The van der Waals surface area contributed by atoms with Gasteiger partial charge in [0.25, 0.3) is 0 Å². The Kier molecular flexibility index (Phi) is 3.10. The molecular formula is C12H21N3. The molecule has 3 nitrogen and oxygen atoms in total. The van der Waals surface area contributed by atoms with Crippen molar-refractivity contribution in [1.29, 1.82) is 0 Å². The van der Waals surface area contributed by atoms with Crippen LogP contribution >= 0.6 is 0 Å². The van der Waals surface area contributed by atoms with E-state index in [1.807, 2.05) is 7.05 Å². The maximum absolute atomic E-state index is 4.48. The van der Waals surface area contributed by atoms with Gasteiger partial charge in [-0.25, -0.2) is 0 Å². The van der Waals surface area contributed by atoms with Gasteiger partial charge in [0.1, 0.15) is 0 Å². The van der Waals surface area contributed by atoms with Crippen molar-refractivity contribution in [3.63, 3.8) is 0 Å². The lowest BCUT2D eigenvalue weighted by atomic mass is 10.0. The number of aromatic amines is 1. The molecule has 1 aliphatic carbocycles. The van der Waals surface area contributed by atoms with Crippen molar-refractivity contribution in [1.82, 2.24) is 15.5 Å². The van der Waals surface area contributed by atoms with Gasteiger partial charge in [0.05, 0.1) is 5.69 Å². The van der Waals surface area contributed by atoms with E-state index in [0.29, 0.717) is 5.92 Å². The van der Waals surface area contributed by atoms with E-state index in [4.69, 9.17) is 0 Å². The van der Waals surface area contributed by atoms with Crippen LogP contribution in [-0.4, -0.2) is 17.2 Å². The van der Waals surface area contributed by atoms with Crippen LogP contribution in [0.1, 0.15) is 49.6 Å². The first kappa shape index (κ1) is 10.7. The Balaban J connectivity index is 2.20. The molecule has 15 heavy (non-hydrogen) atoms. The lowest BCUT2D eigenvalue weighted by Gasteiger charge is -2.06. The maximum Gasteiger partial charge on any atom is 0.0700 e. The fourth-order valence-electron chi connectivity index (χ4n) is 2.06. The zero-order valence-electron chi connectivity index (χ0n) is 9.93. The first-order chi connectivity index (χ1) is 7.22. The predicted molar refractivity (Wildman–Crippen MR) is 61.9 cm³/mol. The molecule has 0 atom stereocenters. The van der Waals surface area contributed by atoms with Crippen molar-refractivity contribution in [2.45, 2.75) is 45.6 Å². The van der Waals surface area contributed by atoms with Gasteiger partial charge in [-0.1, -0.05) is 13.8 Å². The van der Waals surface area contributed by atoms with Gasteiger partial charge in [-0.3, -0.25) is 5.10 Å². The molecule has 1 heterocycles. The first-order valence-electron chi connectivity index (χ1n) is 5.93. The standard InChI is InChI=1S/C12H21N3/c1-8(2)6-11-10(7-13-3)12(15-14-11)9-4-5-9/h8-9,13H,4-7H2,1-3H3,(H,14,15). The highest BCUT2D eigenvalue weighted by atomic mass is 15.1. The maximum atomic E-state index is 4.48. The number of nitrogens with one attached hydrogen (secondary N) is 2. The van der Waals surface area contributed by atoms with E-state index in [9.17, 15) is 0 Å². The average Bonchev–Trinajstić information content (AvgIpc) is 2.93. The Labute approximate surface area is 91.7 Å². The molecule has 0 aliphatic heterocycles. The summed E-state index contributed by atoms with van der Waals surface area (Å²) in [6, 6.07) is 0. The molecule has 1 saturated carbocycles. The molecule has 0 aromatic carbocycles. The van der Waals surface area contributed by atoms with Gasteiger partial charge < -0.3 is 5.32 Å². The van der Waals surface area contributed by atoms with Crippen LogP contribution in [0, 0.1) is 5.92 Å². The monoisotopic (exact) mass is 207 g/mol. The molecular weight excluding hydrogens is 186 g/mol. The third-order valence-corrected chi connectivity index (χ3v) is 2.91. The highest BCUT2D eigenvalue weighted by Crippen LogP contribution is 2.41. The van der Waals surface area contributed by atoms with E-state index < -0.39 is 0 Å². The molecule has 0 saturated heterocycles. The molecule has 3 heteroatoms. The second-order valence-electron chi connectivity index (χ2n) is 4.97. The molecule has 0 radical (unpaired) electrons. The van der Waals surface area contributed by atoms with Crippen LogP contribution < -0.4 is 5.32 Å². The quantitative estimate of drug-likeness (QED) is 0.777. The molecule has 1 aliphatic rings. The van der Waals surface area contributed by atoms with Gasteiger partial charge in [0.2, 0.25) is 0 Å². The van der Waals surface area contributed by atoms with Crippen LogP contribution in [0.3, 0.4) is 0 Å². The van der Waals surface area contributed by atoms with Crippen molar-refractivity contribution < 1.29 is 0 Å². The van der Waals surface area contributed by atoms with Crippen molar-refractivity contribution in [3.05, 3.63) is 17.0 Å². The molecule has 1 aromatic heterocycles. The third kappa shape index (κ3) is 2.40. The Morgan fingerprint density at radius 2 is 2.20 bits per heavy atom. The highest BCUT2D eigenvalue weighted by Gasteiger charge is 2.29. The van der Waals surface area contributed by atoms with Gasteiger partial charge in [0, 0.05) is 23.7 Å². The van der Waals surface area contributed by atoms with Crippen LogP contribution in [-0.2, 0) is 13.0 Å². The Morgan fingerprint density at radius 3 is 2.73 bits per heavy atom. The van der Waals surface area contributed by atoms with Crippen LogP contribution in [0.5, 0.6) is 0 Å². The summed E-state index contributed by atoms with van der Waals surface area (Å²) in [6.07, 6.45) is 3.75. The van der Waals surface area contributed by atoms with Crippen LogP contribution in [0.4, 0.5) is 0 Å². The average molecular weight is 207 g/mol. The van der Waals surface area contributed by atoms with Crippen molar-refractivity contribution in [2.24, 2.45) is 5.92 Å². The fraction of sp³-hybridized carbons (Fsp3) is 0.750. The second kappa shape index (κ2) is 4.35. The summed E-state index contributed by atoms with van der Waals surface area (Å²) in [5.41, 5.74) is 4.08. The van der Waals surface area contributed by atoms with Crippen molar-refractivity contribution >= 4 is 0 Å². The summed E-state index contributed by atoms with van der Waals surface area (Å²) < 4.78 is 0. The number of nitrogens with zero attached hydrogens (tertiary/aromatic N) is 1. The van der Waals surface area contributed by atoms with Gasteiger partial charge >= 0.3 is 0 Å². The Hall–Kier alpha value is -0.830. The second-order valence-corrected chi connectivity index (χ2v) is 4.97. The Bertz CT molecular complexity index is 324. The summed E-state index contributed by atoms with van der Waals surface area (Å²) in [6.45, 7) is 5.45. The molecule has 1 aromatic rings. The highest BCUT2D eigenvalue weighted by molar-refractivity contribution is 5.31. The fourth-order valence-corrected chi connectivity index (χ4v) is 2.06. The van der Waals surface area contributed by atoms with Gasteiger partial charge in [-0.2, -0.15) is 5.10 Å². The number of aromatic nitrogens is 2. The number of hydrogen-bond acceptors (Lipinski definition) is 2. The van der Waals surface area contributed by atoms with Crippen LogP contribution in [0.2, 0.25) is 0 Å². The zero-order valence-corrected chi connectivity index (χ0v) is 9.93. The number of rotatable bonds is 5. The normalized spacial score (nSPS) is 16.3. The molecule has 84 valence electrons. The van der Waals surface area contributed by atoms with E-state index in [0.717, 1.165) is 18.9 Å². The SMILES string of the molecule is CNCc1c(C2CC2)n[nH]c1CC(C)C. The topological polar surface area (TPSA) is 40.7 Å². The summed E-state index contributed by atoms with van der Waals surface area (Å²) >= 11 is 0. The molecule has 0 bridgehead atoms. The smallest absolute Gasteiger partial charge is 0.0700 e. The predicted octanol–water partition coefficient (Wildman–Crippen LogP) is 2.21. The first-order valence-corrected chi connectivity index (χ1v) is 5.93. The van der Waals surface area contributed by atoms with E-state index in [1.54, 1.807) is 0 Å². The third-order valence-electron chi connectivity index (χ3n) is 2.91. The van der Waals surface area contributed by atoms with E-state index in [-0.39, 0.29) is 0 Å². The number of H-pyrrole nitrogens is 1. The van der Waals surface area contributed by atoms with E-state index in [2.05, 4.69) is 29.4 Å². The zero-order chi connectivity index (χ0) is 10.8. The summed E-state index contributed by atoms with van der Waals surface area (Å²) in [5, 5.41) is 11.0. The molecule has 2 N–H and O–H groups in total. The summed E-state index contributed by atoms with van der Waals surface area (Å²) in [5.74, 6) is 1.43. The van der Waals surface area contributed by atoms with Gasteiger partial charge in [-0.15, -0.1) is 0 Å². The molecule has 2 rings (SSSR count). The van der Waals surface area contributed by atoms with Gasteiger partial charge in [-0.05, 0) is 32.2 Å². The summed E-state index contributed by atoms with van der Waals surface area (Å²) in [4.78, 5) is 0. The van der Waals surface area contributed by atoms with E-state index in [1.165, 1.54) is 29.8 Å². The minimum Gasteiger partial charge on any atom is -0.316 e. The van der Waals surface area contributed by atoms with E-state index >= 15 is 0 Å². The molecule has 0 spiro atoms. The minimum atomic E-state index is 0.688. The minimum absolute atomic E-state index is 0.688. The lowest BCUT2D eigenvalue weighted by Crippen LogP contribution is -2.09.